The minimum atomic E-state index is -0.198. The molecule has 0 aliphatic rings. The van der Waals surface area contributed by atoms with Gasteiger partial charge in [-0.15, -0.1) is 0 Å². The molecule has 1 heterocycles. The molecule has 0 unspecified atom stereocenters. The van der Waals surface area contributed by atoms with Crippen molar-refractivity contribution >= 4 is 0 Å². The Morgan fingerprint density at radius 3 is 2.48 bits per heavy atom. The second-order valence-electron chi connectivity index (χ2n) is 4.65. The van der Waals surface area contributed by atoms with E-state index >= 15 is 0 Å². The van der Waals surface area contributed by atoms with Crippen LogP contribution in [0.1, 0.15) is 37.5 Å². The molecule has 0 fully saturated rings. The Balaban J connectivity index is 1.85. The molecule has 0 radical (unpaired) electrons. The summed E-state index contributed by atoms with van der Waals surface area (Å²) in [5.74, 6) is 1.34. The summed E-state index contributed by atoms with van der Waals surface area (Å²) in [6, 6.07) is 10.1. The molecule has 0 bridgehead atoms. The van der Waals surface area contributed by atoms with Crippen LogP contribution in [-0.4, -0.2) is 29.6 Å². The molecule has 0 spiro atoms. The summed E-state index contributed by atoms with van der Waals surface area (Å²) in [6.45, 7) is 5.18. The average molecular weight is 290 g/mol. The van der Waals surface area contributed by atoms with Gasteiger partial charge in [0.25, 0.3) is 0 Å². The van der Waals surface area contributed by atoms with E-state index in [1.807, 2.05) is 44.2 Å². The molecule has 0 saturated heterocycles. The van der Waals surface area contributed by atoms with Crippen LogP contribution in [-0.2, 0) is 22.3 Å². The Kier molecular flexibility index (Phi) is 6.37. The van der Waals surface area contributed by atoms with Crippen molar-refractivity contribution in [3.63, 3.8) is 0 Å². The predicted octanol–water partition coefficient (Wildman–Crippen LogP) is 2.99. The van der Waals surface area contributed by atoms with Crippen LogP contribution in [0.15, 0.2) is 34.9 Å². The topological polar surface area (TPSA) is 57.4 Å². The van der Waals surface area contributed by atoms with Crippen LogP contribution in [0.2, 0.25) is 0 Å². The van der Waals surface area contributed by atoms with E-state index < -0.39 is 0 Å². The van der Waals surface area contributed by atoms with Gasteiger partial charge in [0, 0.05) is 26.1 Å². The predicted molar refractivity (Wildman–Crippen MR) is 78.9 cm³/mol. The first-order chi connectivity index (χ1) is 10.3. The van der Waals surface area contributed by atoms with Crippen molar-refractivity contribution in [1.29, 1.82) is 0 Å². The first-order valence-electron chi connectivity index (χ1n) is 7.40. The second-order valence-corrected chi connectivity index (χ2v) is 4.65. The number of ether oxygens (including phenoxy) is 2. The van der Waals surface area contributed by atoms with Crippen molar-refractivity contribution in [2.45, 2.75) is 39.4 Å². The maximum Gasteiger partial charge on any atom is 0.231 e. The van der Waals surface area contributed by atoms with Crippen LogP contribution in [0.5, 0.6) is 0 Å². The van der Waals surface area contributed by atoms with Crippen LogP contribution in [0.3, 0.4) is 0 Å². The fraction of sp³-hybridized carbons (Fsp3) is 0.500. The van der Waals surface area contributed by atoms with E-state index in [2.05, 4.69) is 10.1 Å². The molecule has 0 amide bonds. The monoisotopic (exact) mass is 290 g/mol. The lowest BCUT2D eigenvalue weighted by Crippen LogP contribution is -2.18. The molecule has 0 aliphatic heterocycles. The minimum Gasteiger partial charge on any atom is -0.353 e. The van der Waals surface area contributed by atoms with Gasteiger partial charge in [-0.1, -0.05) is 35.5 Å². The third kappa shape index (κ3) is 5.28. The quantitative estimate of drug-likeness (QED) is 0.664. The lowest BCUT2D eigenvalue weighted by Gasteiger charge is -2.15. The largest absolute Gasteiger partial charge is 0.353 e. The Labute approximate surface area is 125 Å². The fourth-order valence-corrected chi connectivity index (χ4v) is 2.07. The van der Waals surface area contributed by atoms with E-state index in [-0.39, 0.29) is 6.29 Å². The van der Waals surface area contributed by atoms with Gasteiger partial charge in [0.1, 0.15) is 0 Å². The Hall–Kier alpha value is -1.72. The molecule has 2 rings (SSSR count). The molecule has 21 heavy (non-hydrogen) atoms. The standard InChI is InChI=1S/C16H22N2O3/c1-3-19-16(20-4-2)11-10-14-17-15(21-18-14)12-13-8-6-5-7-9-13/h5-9,16H,3-4,10-12H2,1-2H3. The van der Waals surface area contributed by atoms with Crippen LogP contribution in [0.4, 0.5) is 0 Å². The first kappa shape index (κ1) is 15.7. The van der Waals surface area contributed by atoms with E-state index in [0.29, 0.717) is 37.8 Å². The van der Waals surface area contributed by atoms with Crippen LogP contribution in [0.25, 0.3) is 0 Å². The molecule has 5 heteroatoms. The molecule has 2 aromatic rings. The molecule has 5 nitrogen and oxygen atoms in total. The van der Waals surface area contributed by atoms with Gasteiger partial charge in [0.05, 0.1) is 6.42 Å². The van der Waals surface area contributed by atoms with Gasteiger partial charge in [-0.2, -0.15) is 4.98 Å². The van der Waals surface area contributed by atoms with Crippen LogP contribution >= 0.6 is 0 Å². The lowest BCUT2D eigenvalue weighted by molar-refractivity contribution is -0.139. The average Bonchev–Trinajstić information content (AvgIpc) is 2.94. The van der Waals surface area contributed by atoms with E-state index in [0.717, 1.165) is 12.0 Å². The first-order valence-corrected chi connectivity index (χ1v) is 7.40. The number of aromatic nitrogens is 2. The summed E-state index contributed by atoms with van der Waals surface area (Å²) >= 11 is 0. The van der Waals surface area contributed by atoms with E-state index in [1.165, 1.54) is 0 Å². The third-order valence-corrected chi connectivity index (χ3v) is 3.02. The fourth-order valence-electron chi connectivity index (χ4n) is 2.07. The molecule has 0 N–H and O–H groups in total. The van der Waals surface area contributed by atoms with Gasteiger partial charge < -0.3 is 14.0 Å². The van der Waals surface area contributed by atoms with Gasteiger partial charge in [0.2, 0.25) is 5.89 Å². The number of benzene rings is 1. The van der Waals surface area contributed by atoms with Crippen molar-refractivity contribution in [2.75, 3.05) is 13.2 Å². The van der Waals surface area contributed by atoms with Crippen molar-refractivity contribution in [1.82, 2.24) is 10.1 Å². The zero-order valence-electron chi connectivity index (χ0n) is 12.6. The summed E-state index contributed by atoms with van der Waals surface area (Å²) in [6.07, 6.45) is 1.87. The van der Waals surface area contributed by atoms with Gasteiger partial charge in [0.15, 0.2) is 12.1 Å². The minimum absolute atomic E-state index is 0.198. The maximum atomic E-state index is 5.50. The summed E-state index contributed by atoms with van der Waals surface area (Å²) in [5.41, 5.74) is 1.16. The zero-order valence-corrected chi connectivity index (χ0v) is 12.6. The number of hydrogen-bond acceptors (Lipinski definition) is 5. The number of hydrogen-bond donors (Lipinski definition) is 0. The molecular weight excluding hydrogens is 268 g/mol. The smallest absolute Gasteiger partial charge is 0.231 e. The summed E-state index contributed by atoms with van der Waals surface area (Å²) in [4.78, 5) is 4.41. The van der Waals surface area contributed by atoms with Gasteiger partial charge in [-0.05, 0) is 19.4 Å². The zero-order chi connectivity index (χ0) is 14.9. The van der Waals surface area contributed by atoms with Gasteiger partial charge in [-0.25, -0.2) is 0 Å². The number of nitrogens with zero attached hydrogens (tertiary/aromatic N) is 2. The van der Waals surface area contributed by atoms with E-state index in [9.17, 15) is 0 Å². The molecule has 1 aromatic carbocycles. The van der Waals surface area contributed by atoms with Gasteiger partial charge >= 0.3 is 0 Å². The van der Waals surface area contributed by atoms with Crippen molar-refractivity contribution in [2.24, 2.45) is 0 Å². The summed E-state index contributed by atoms with van der Waals surface area (Å²) < 4.78 is 16.3. The lowest BCUT2D eigenvalue weighted by atomic mass is 10.1. The van der Waals surface area contributed by atoms with Gasteiger partial charge in [-0.3, -0.25) is 0 Å². The van der Waals surface area contributed by atoms with Crippen molar-refractivity contribution in [3.05, 3.63) is 47.6 Å². The van der Waals surface area contributed by atoms with E-state index in [1.54, 1.807) is 0 Å². The highest BCUT2D eigenvalue weighted by molar-refractivity contribution is 5.17. The molecule has 0 atom stereocenters. The molecule has 114 valence electrons. The molecular formula is C16H22N2O3. The molecule has 1 aromatic heterocycles. The summed E-state index contributed by atoms with van der Waals surface area (Å²) in [7, 11) is 0. The highest BCUT2D eigenvalue weighted by Gasteiger charge is 2.12. The van der Waals surface area contributed by atoms with Crippen molar-refractivity contribution in [3.8, 4) is 0 Å². The number of aryl methyl sites for hydroxylation is 1. The maximum absolute atomic E-state index is 5.50. The Morgan fingerprint density at radius 1 is 1.10 bits per heavy atom. The van der Waals surface area contributed by atoms with E-state index in [4.69, 9.17) is 14.0 Å². The van der Waals surface area contributed by atoms with Crippen molar-refractivity contribution < 1.29 is 14.0 Å². The SMILES string of the molecule is CCOC(CCc1noc(Cc2ccccc2)n1)OCC. The highest BCUT2D eigenvalue weighted by Crippen LogP contribution is 2.10. The van der Waals surface area contributed by atoms with Crippen LogP contribution < -0.4 is 0 Å². The summed E-state index contributed by atoms with van der Waals surface area (Å²) in [5, 5.41) is 4.01. The molecule has 0 aliphatic carbocycles. The molecule has 0 saturated carbocycles. The third-order valence-electron chi connectivity index (χ3n) is 3.02. The number of rotatable bonds is 9. The normalized spacial score (nSPS) is 11.2. The Morgan fingerprint density at radius 2 is 1.81 bits per heavy atom. The highest BCUT2D eigenvalue weighted by atomic mass is 16.7. The van der Waals surface area contributed by atoms with Crippen LogP contribution in [0, 0.1) is 0 Å². The second kappa shape index (κ2) is 8.54. The Bertz CT molecular complexity index is 507.